The summed E-state index contributed by atoms with van der Waals surface area (Å²) in [5, 5.41) is 2.84. The number of fused-ring (bicyclic) bond motifs is 1. The summed E-state index contributed by atoms with van der Waals surface area (Å²) in [4.78, 5) is 12.1. The number of amides is 1. The van der Waals surface area contributed by atoms with Crippen molar-refractivity contribution in [3.05, 3.63) is 59.7 Å². The maximum Gasteiger partial charge on any atom is 0.248 e. The van der Waals surface area contributed by atoms with Gasteiger partial charge in [0.1, 0.15) is 13.2 Å². The van der Waals surface area contributed by atoms with Crippen LogP contribution in [0.4, 0.5) is 5.69 Å². The van der Waals surface area contributed by atoms with E-state index < -0.39 is 0 Å². The minimum absolute atomic E-state index is 0.169. The Labute approximate surface area is 141 Å². The van der Waals surface area contributed by atoms with Crippen LogP contribution in [0.5, 0.6) is 11.5 Å². The summed E-state index contributed by atoms with van der Waals surface area (Å²) >= 11 is 0. The van der Waals surface area contributed by atoms with E-state index in [0.29, 0.717) is 30.4 Å². The summed E-state index contributed by atoms with van der Waals surface area (Å²) in [6.45, 7) is 1.09. The Morgan fingerprint density at radius 2 is 1.75 bits per heavy atom. The molecule has 2 aliphatic rings. The Balaban J connectivity index is 1.38. The largest absolute Gasteiger partial charge is 0.486 e. The van der Waals surface area contributed by atoms with Gasteiger partial charge in [0.2, 0.25) is 5.91 Å². The first-order chi connectivity index (χ1) is 11.8. The van der Waals surface area contributed by atoms with E-state index in [2.05, 4.69) is 29.6 Å². The van der Waals surface area contributed by atoms with Crippen LogP contribution in [0.2, 0.25) is 0 Å². The lowest BCUT2D eigenvalue weighted by atomic mass is 10.1. The van der Waals surface area contributed by atoms with Crippen molar-refractivity contribution in [3.63, 3.8) is 0 Å². The molecule has 0 aromatic heterocycles. The monoisotopic (exact) mass is 321 g/mol. The number of carbonyl (C=O) groups excluding carboxylic acids is 1. The molecule has 2 aromatic rings. The molecule has 0 radical (unpaired) electrons. The molecule has 1 saturated carbocycles. The van der Waals surface area contributed by atoms with E-state index >= 15 is 0 Å². The Bertz CT molecular complexity index is 776. The van der Waals surface area contributed by atoms with Crippen molar-refractivity contribution in [2.75, 3.05) is 18.5 Å². The first kappa shape index (κ1) is 14.8. The van der Waals surface area contributed by atoms with Crippen LogP contribution in [0.1, 0.15) is 29.9 Å². The first-order valence-corrected chi connectivity index (χ1v) is 8.26. The molecule has 122 valence electrons. The fraction of sp³-hybridized carbons (Fsp3) is 0.250. The van der Waals surface area contributed by atoms with Crippen molar-refractivity contribution in [2.24, 2.45) is 0 Å². The molecular weight excluding hydrogens is 302 g/mol. The molecule has 2 aromatic carbocycles. The minimum Gasteiger partial charge on any atom is -0.486 e. The summed E-state index contributed by atoms with van der Waals surface area (Å²) in [6, 6.07) is 13.8. The van der Waals surface area contributed by atoms with Gasteiger partial charge in [-0.1, -0.05) is 24.3 Å². The summed E-state index contributed by atoms with van der Waals surface area (Å²) in [6.07, 6.45) is 5.97. The Morgan fingerprint density at radius 1 is 1.00 bits per heavy atom. The van der Waals surface area contributed by atoms with Crippen molar-refractivity contribution in [2.45, 2.75) is 18.8 Å². The number of hydrogen-bond acceptors (Lipinski definition) is 3. The highest BCUT2D eigenvalue weighted by atomic mass is 16.6. The lowest BCUT2D eigenvalue weighted by Crippen LogP contribution is -2.16. The molecule has 1 fully saturated rings. The second kappa shape index (κ2) is 6.40. The number of benzene rings is 2. The van der Waals surface area contributed by atoms with Crippen LogP contribution in [-0.2, 0) is 4.79 Å². The van der Waals surface area contributed by atoms with Crippen LogP contribution in [0.25, 0.3) is 6.08 Å². The van der Waals surface area contributed by atoms with Crippen molar-refractivity contribution < 1.29 is 14.3 Å². The molecular formula is C20H19NO3. The highest BCUT2D eigenvalue weighted by molar-refractivity contribution is 6.02. The van der Waals surface area contributed by atoms with Crippen LogP contribution in [0.15, 0.2) is 48.5 Å². The third-order valence-corrected chi connectivity index (χ3v) is 4.22. The fourth-order valence-corrected chi connectivity index (χ4v) is 2.77. The first-order valence-electron chi connectivity index (χ1n) is 8.26. The minimum atomic E-state index is -0.169. The van der Waals surface area contributed by atoms with Crippen molar-refractivity contribution in [1.29, 1.82) is 0 Å². The van der Waals surface area contributed by atoms with Gasteiger partial charge >= 0.3 is 0 Å². The van der Waals surface area contributed by atoms with Crippen molar-refractivity contribution >= 4 is 17.7 Å². The normalized spacial score (nSPS) is 16.2. The Morgan fingerprint density at radius 3 is 2.50 bits per heavy atom. The molecule has 1 amide bonds. The third-order valence-electron chi connectivity index (χ3n) is 4.22. The number of ether oxygens (including phenoxy) is 2. The lowest BCUT2D eigenvalue weighted by molar-refractivity contribution is -0.111. The second-order valence-electron chi connectivity index (χ2n) is 6.12. The quantitative estimate of drug-likeness (QED) is 0.866. The third kappa shape index (κ3) is 3.43. The summed E-state index contributed by atoms with van der Waals surface area (Å²) in [7, 11) is 0. The van der Waals surface area contributed by atoms with Gasteiger partial charge < -0.3 is 14.8 Å². The molecule has 0 spiro atoms. The maximum absolute atomic E-state index is 12.1. The van der Waals surface area contributed by atoms with Gasteiger partial charge in [0.15, 0.2) is 11.5 Å². The molecule has 1 N–H and O–H groups in total. The topological polar surface area (TPSA) is 47.6 Å². The van der Waals surface area contributed by atoms with Crippen LogP contribution in [-0.4, -0.2) is 19.1 Å². The van der Waals surface area contributed by atoms with Crippen molar-refractivity contribution in [3.8, 4) is 11.5 Å². The summed E-state index contributed by atoms with van der Waals surface area (Å²) in [5.74, 6) is 1.96. The number of hydrogen-bond donors (Lipinski definition) is 1. The van der Waals surface area contributed by atoms with Gasteiger partial charge in [0, 0.05) is 17.8 Å². The maximum atomic E-state index is 12.1. The zero-order valence-electron chi connectivity index (χ0n) is 13.3. The van der Waals surface area contributed by atoms with Gasteiger partial charge in [0.25, 0.3) is 0 Å². The average Bonchev–Trinajstić information content (AvgIpc) is 3.45. The molecule has 0 saturated heterocycles. The second-order valence-corrected chi connectivity index (χ2v) is 6.12. The molecule has 0 bridgehead atoms. The molecule has 0 unspecified atom stereocenters. The van der Waals surface area contributed by atoms with E-state index in [-0.39, 0.29) is 5.91 Å². The standard InChI is InChI=1S/C20H19NO3/c22-20(10-3-14-1-4-15(5-2-14)16-6-7-16)21-17-8-9-18-19(13-17)24-12-11-23-18/h1-5,8-10,13,16H,6-7,11-12H2,(H,21,22)/b10-3+. The van der Waals surface area contributed by atoms with Crippen molar-refractivity contribution in [1.82, 2.24) is 0 Å². The molecule has 0 atom stereocenters. The number of nitrogens with one attached hydrogen (secondary N) is 1. The van der Waals surface area contributed by atoms with Gasteiger partial charge in [-0.25, -0.2) is 0 Å². The molecule has 4 heteroatoms. The van der Waals surface area contributed by atoms with Gasteiger partial charge in [-0.3, -0.25) is 4.79 Å². The van der Waals surface area contributed by atoms with Crippen LogP contribution < -0.4 is 14.8 Å². The van der Waals surface area contributed by atoms with E-state index in [9.17, 15) is 4.79 Å². The average molecular weight is 321 g/mol. The molecule has 4 rings (SSSR count). The zero-order valence-corrected chi connectivity index (χ0v) is 13.3. The zero-order chi connectivity index (χ0) is 16.4. The molecule has 24 heavy (non-hydrogen) atoms. The molecule has 1 aliphatic heterocycles. The summed E-state index contributed by atoms with van der Waals surface area (Å²) < 4.78 is 11.0. The highest BCUT2D eigenvalue weighted by Crippen LogP contribution is 2.39. The van der Waals surface area contributed by atoms with E-state index in [0.717, 1.165) is 11.5 Å². The highest BCUT2D eigenvalue weighted by Gasteiger charge is 2.22. The van der Waals surface area contributed by atoms with Crippen LogP contribution >= 0.6 is 0 Å². The fourth-order valence-electron chi connectivity index (χ4n) is 2.77. The SMILES string of the molecule is O=C(/C=C/c1ccc(C2CC2)cc1)Nc1ccc2c(c1)OCCO2. The Kier molecular flexibility index (Phi) is 3.95. The van der Waals surface area contributed by atoms with Gasteiger partial charge in [-0.05, 0) is 48.1 Å². The molecule has 4 nitrogen and oxygen atoms in total. The van der Waals surface area contributed by atoms with E-state index in [4.69, 9.17) is 9.47 Å². The van der Waals surface area contributed by atoms with Gasteiger partial charge in [0.05, 0.1) is 0 Å². The number of carbonyl (C=O) groups is 1. The van der Waals surface area contributed by atoms with E-state index in [1.807, 2.05) is 18.2 Å². The number of anilines is 1. The van der Waals surface area contributed by atoms with Gasteiger partial charge in [-0.2, -0.15) is 0 Å². The lowest BCUT2D eigenvalue weighted by Gasteiger charge is -2.18. The molecule has 1 heterocycles. The Hall–Kier alpha value is -2.75. The smallest absolute Gasteiger partial charge is 0.248 e. The molecule has 1 aliphatic carbocycles. The van der Waals surface area contributed by atoms with E-state index in [1.54, 1.807) is 12.1 Å². The van der Waals surface area contributed by atoms with Crippen LogP contribution in [0.3, 0.4) is 0 Å². The predicted molar refractivity (Wildman–Crippen MR) is 93.5 cm³/mol. The van der Waals surface area contributed by atoms with Gasteiger partial charge in [-0.15, -0.1) is 0 Å². The predicted octanol–water partition coefficient (Wildman–Crippen LogP) is 3.99. The summed E-state index contributed by atoms with van der Waals surface area (Å²) in [5.41, 5.74) is 3.11. The number of rotatable bonds is 4. The van der Waals surface area contributed by atoms with Crippen LogP contribution in [0, 0.1) is 0 Å². The van der Waals surface area contributed by atoms with E-state index in [1.165, 1.54) is 18.4 Å².